The number of carbonyl (C=O) groups excluding carboxylic acids is 2. The van der Waals surface area contributed by atoms with Crippen molar-refractivity contribution in [3.63, 3.8) is 0 Å². The van der Waals surface area contributed by atoms with Gasteiger partial charge in [0.1, 0.15) is 5.75 Å². The summed E-state index contributed by atoms with van der Waals surface area (Å²) in [4.78, 5) is 28.3. The Morgan fingerprint density at radius 1 is 1.10 bits per heavy atom. The maximum absolute atomic E-state index is 14.0. The predicted octanol–water partition coefficient (Wildman–Crippen LogP) is 7.53. The van der Waals surface area contributed by atoms with E-state index in [2.05, 4.69) is 73.5 Å². The lowest BCUT2D eigenvalue weighted by Gasteiger charge is -2.38. The molecular formula is C35H52N2O3. The Labute approximate surface area is 243 Å². The van der Waals surface area contributed by atoms with E-state index in [-0.39, 0.29) is 29.1 Å². The Kier molecular flexibility index (Phi) is 12.5. The second-order valence-electron chi connectivity index (χ2n) is 12.1. The molecule has 1 aliphatic rings. The van der Waals surface area contributed by atoms with E-state index in [0.717, 1.165) is 56.4 Å². The van der Waals surface area contributed by atoms with Crippen LogP contribution in [0.15, 0.2) is 54.6 Å². The zero-order valence-electron chi connectivity index (χ0n) is 25.6. The monoisotopic (exact) mass is 548 g/mol. The van der Waals surface area contributed by atoms with Crippen molar-refractivity contribution in [3.05, 3.63) is 65.7 Å². The summed E-state index contributed by atoms with van der Waals surface area (Å²) in [7, 11) is 3.37. The van der Waals surface area contributed by atoms with Gasteiger partial charge in [0.25, 0.3) is 0 Å². The first kappa shape index (κ1) is 31.7. The van der Waals surface area contributed by atoms with Crippen LogP contribution in [0.2, 0.25) is 0 Å². The Bertz CT molecular complexity index is 1040. The van der Waals surface area contributed by atoms with Crippen molar-refractivity contribution in [2.75, 3.05) is 20.7 Å². The molecule has 0 aromatic heterocycles. The van der Waals surface area contributed by atoms with E-state index in [9.17, 15) is 9.59 Å². The van der Waals surface area contributed by atoms with E-state index < -0.39 is 0 Å². The molecule has 0 spiro atoms. The zero-order valence-corrected chi connectivity index (χ0v) is 25.6. The van der Waals surface area contributed by atoms with Gasteiger partial charge in [0.15, 0.2) is 0 Å². The number of nitrogens with zero attached hydrogens (tertiary/aromatic N) is 1. The minimum Gasteiger partial charge on any atom is -0.497 e. The van der Waals surface area contributed by atoms with Gasteiger partial charge >= 0.3 is 0 Å². The van der Waals surface area contributed by atoms with Crippen molar-refractivity contribution in [1.29, 1.82) is 0 Å². The number of rotatable bonds is 11. The van der Waals surface area contributed by atoms with Crippen molar-refractivity contribution >= 4 is 11.8 Å². The summed E-state index contributed by atoms with van der Waals surface area (Å²) < 4.78 is 5.35. The minimum atomic E-state index is -0.119. The van der Waals surface area contributed by atoms with Crippen LogP contribution in [0.1, 0.15) is 96.1 Å². The predicted molar refractivity (Wildman–Crippen MR) is 164 cm³/mol. The highest BCUT2D eigenvalue weighted by Gasteiger charge is 2.36. The first-order chi connectivity index (χ1) is 19.3. The quantitative estimate of drug-likeness (QED) is 0.316. The molecule has 3 rings (SSSR count). The summed E-state index contributed by atoms with van der Waals surface area (Å²) in [5.74, 6) is 1.80. The van der Waals surface area contributed by atoms with Crippen molar-refractivity contribution in [2.45, 2.75) is 96.9 Å². The van der Waals surface area contributed by atoms with E-state index >= 15 is 0 Å². The van der Waals surface area contributed by atoms with E-state index in [0.29, 0.717) is 18.9 Å². The number of carbonyl (C=O) groups is 2. The Hall–Kier alpha value is -2.82. The largest absolute Gasteiger partial charge is 0.497 e. The summed E-state index contributed by atoms with van der Waals surface area (Å²) in [6.45, 7) is 8.12. The van der Waals surface area contributed by atoms with Crippen LogP contribution < -0.4 is 10.1 Å². The number of benzene rings is 2. The highest BCUT2D eigenvalue weighted by Crippen LogP contribution is 2.43. The first-order valence-corrected chi connectivity index (χ1v) is 15.5. The molecule has 40 heavy (non-hydrogen) atoms. The standard InChI is InChI=1S/C35H52N2O3/c1-6-12-27(2)25-35(31-14-8-7-9-15-31)22-10-13-30(18-21-33(38)36-4)28(3)34(39)37(24-11-23-35)26-29-16-19-32(40-5)20-17-29/h7-9,14-17,19-20,27-28,30H,6,10-13,18,21-26H2,1-5H3,(H,36,38)/t27?,28?,30?,35-/m0/s1. The topological polar surface area (TPSA) is 58.6 Å². The number of hydrogen-bond acceptors (Lipinski definition) is 3. The van der Waals surface area contributed by atoms with Gasteiger partial charge in [-0.3, -0.25) is 9.59 Å². The first-order valence-electron chi connectivity index (χ1n) is 15.5. The third-order valence-corrected chi connectivity index (χ3v) is 9.18. The smallest absolute Gasteiger partial charge is 0.225 e. The lowest BCUT2D eigenvalue weighted by Crippen LogP contribution is -2.38. The Morgan fingerprint density at radius 2 is 1.80 bits per heavy atom. The molecule has 0 saturated carbocycles. The Morgan fingerprint density at radius 3 is 2.45 bits per heavy atom. The molecule has 2 aromatic rings. The fraction of sp³-hybridized carbons (Fsp3) is 0.600. The molecule has 2 amide bonds. The molecule has 1 heterocycles. The van der Waals surface area contributed by atoms with Gasteiger partial charge in [-0.15, -0.1) is 0 Å². The number of methoxy groups -OCH3 is 1. The summed E-state index contributed by atoms with van der Waals surface area (Å²) in [6.07, 6.45) is 10.1. The number of nitrogens with one attached hydrogen (secondary N) is 1. The fourth-order valence-electron chi connectivity index (χ4n) is 6.89. The molecule has 0 aliphatic carbocycles. The summed E-state index contributed by atoms with van der Waals surface area (Å²) >= 11 is 0. The van der Waals surface area contributed by atoms with Crippen LogP contribution in [0.3, 0.4) is 0 Å². The second kappa shape index (κ2) is 15.8. The van der Waals surface area contributed by atoms with Crippen LogP contribution in [-0.2, 0) is 21.5 Å². The van der Waals surface area contributed by atoms with Crippen LogP contribution in [-0.4, -0.2) is 37.4 Å². The molecule has 0 radical (unpaired) electrons. The molecule has 2 aromatic carbocycles. The lowest BCUT2D eigenvalue weighted by atomic mass is 9.67. The van der Waals surface area contributed by atoms with Gasteiger partial charge in [0, 0.05) is 32.5 Å². The number of hydrogen-bond donors (Lipinski definition) is 1. The van der Waals surface area contributed by atoms with Gasteiger partial charge in [0.05, 0.1) is 7.11 Å². The second-order valence-corrected chi connectivity index (χ2v) is 12.1. The summed E-state index contributed by atoms with van der Waals surface area (Å²) in [5.41, 5.74) is 2.66. The van der Waals surface area contributed by atoms with Gasteiger partial charge in [-0.05, 0) is 79.0 Å². The highest BCUT2D eigenvalue weighted by molar-refractivity contribution is 5.79. The molecule has 1 aliphatic heterocycles. The third-order valence-electron chi connectivity index (χ3n) is 9.18. The third kappa shape index (κ3) is 8.84. The Balaban J connectivity index is 1.94. The van der Waals surface area contributed by atoms with Crippen LogP contribution in [0, 0.1) is 17.8 Å². The molecule has 1 saturated heterocycles. The van der Waals surface area contributed by atoms with Crippen molar-refractivity contribution < 1.29 is 14.3 Å². The van der Waals surface area contributed by atoms with Crippen LogP contribution in [0.4, 0.5) is 0 Å². The highest BCUT2D eigenvalue weighted by atomic mass is 16.5. The minimum absolute atomic E-state index is 0.0519. The summed E-state index contributed by atoms with van der Waals surface area (Å²) in [6, 6.07) is 19.2. The maximum Gasteiger partial charge on any atom is 0.225 e. The normalized spacial score (nSPS) is 23.2. The van der Waals surface area contributed by atoms with Gasteiger partial charge in [0.2, 0.25) is 11.8 Å². The molecule has 5 heteroatoms. The van der Waals surface area contributed by atoms with Crippen molar-refractivity contribution in [3.8, 4) is 5.75 Å². The van der Waals surface area contributed by atoms with Gasteiger partial charge in [-0.2, -0.15) is 0 Å². The maximum atomic E-state index is 14.0. The molecule has 0 bridgehead atoms. The average molecular weight is 549 g/mol. The van der Waals surface area contributed by atoms with E-state index in [1.54, 1.807) is 14.2 Å². The van der Waals surface area contributed by atoms with Crippen LogP contribution >= 0.6 is 0 Å². The van der Waals surface area contributed by atoms with Gasteiger partial charge in [-0.25, -0.2) is 0 Å². The number of ether oxygens (including phenoxy) is 1. The van der Waals surface area contributed by atoms with Gasteiger partial charge < -0.3 is 15.0 Å². The average Bonchev–Trinajstić information content (AvgIpc) is 2.99. The number of amides is 2. The molecule has 4 atom stereocenters. The van der Waals surface area contributed by atoms with Crippen LogP contribution in [0.25, 0.3) is 0 Å². The van der Waals surface area contributed by atoms with Gasteiger partial charge in [-0.1, -0.05) is 82.5 Å². The van der Waals surface area contributed by atoms with E-state index in [1.807, 2.05) is 12.1 Å². The van der Waals surface area contributed by atoms with E-state index in [4.69, 9.17) is 4.74 Å². The molecule has 1 fully saturated rings. The van der Waals surface area contributed by atoms with Crippen molar-refractivity contribution in [1.82, 2.24) is 10.2 Å². The molecule has 5 nitrogen and oxygen atoms in total. The summed E-state index contributed by atoms with van der Waals surface area (Å²) in [5, 5.41) is 2.77. The fourth-order valence-corrected chi connectivity index (χ4v) is 6.89. The lowest BCUT2D eigenvalue weighted by molar-refractivity contribution is -0.138. The van der Waals surface area contributed by atoms with Crippen molar-refractivity contribution in [2.24, 2.45) is 17.8 Å². The molecule has 220 valence electrons. The molecular weight excluding hydrogens is 496 g/mol. The SMILES string of the molecule is CCCC(C)C[C@]1(c2ccccc2)CCCC(CCC(=O)NC)C(C)C(=O)N(Cc2ccc(OC)cc2)CCC1. The van der Waals surface area contributed by atoms with E-state index in [1.165, 1.54) is 24.8 Å². The zero-order chi connectivity index (χ0) is 29.0. The molecule has 3 unspecified atom stereocenters. The molecule has 1 N–H and O–H groups in total. The van der Waals surface area contributed by atoms with Crippen LogP contribution in [0.5, 0.6) is 5.75 Å².